The van der Waals surface area contributed by atoms with Crippen LogP contribution in [0.3, 0.4) is 0 Å². The number of aliphatic hydroxyl groups is 3. The Kier molecular flexibility index (Phi) is 5.72. The Bertz CT molecular complexity index is 852. The summed E-state index contributed by atoms with van der Waals surface area (Å²) >= 11 is 3.37. The van der Waals surface area contributed by atoms with E-state index in [9.17, 15) is 29.7 Å². The van der Waals surface area contributed by atoms with Crippen LogP contribution in [-0.2, 0) is 19.1 Å². The molecule has 0 aromatic heterocycles. The van der Waals surface area contributed by atoms with Gasteiger partial charge in [-0.25, -0.2) is 4.39 Å². The fraction of sp³-hybridized carbons (Fsp3) is 0.870. The van der Waals surface area contributed by atoms with E-state index in [1.807, 2.05) is 0 Å². The molecular weight excluding hydrogens is 487 g/mol. The molecule has 7 nitrogen and oxygen atoms in total. The number of carbonyl (C=O) groups excluding carboxylic acids is 3. The maximum Gasteiger partial charge on any atom is 0.303 e. The maximum absolute atomic E-state index is 15.6. The highest BCUT2D eigenvalue weighted by molar-refractivity contribution is 9.10. The van der Waals surface area contributed by atoms with Crippen LogP contribution in [0.2, 0.25) is 0 Å². The fourth-order valence-corrected chi connectivity index (χ4v) is 8.73. The first-order chi connectivity index (χ1) is 14.7. The summed E-state index contributed by atoms with van der Waals surface area (Å²) in [6.07, 6.45) is -2.08. The first-order valence-electron chi connectivity index (χ1n) is 11.3. The summed E-state index contributed by atoms with van der Waals surface area (Å²) < 4.78 is 20.4. The highest BCUT2D eigenvalue weighted by atomic mass is 79.9. The summed E-state index contributed by atoms with van der Waals surface area (Å²) in [5, 5.41) is 34.2. The highest BCUT2D eigenvalue weighted by Gasteiger charge is 2.73. The van der Waals surface area contributed by atoms with Gasteiger partial charge in [-0.3, -0.25) is 14.4 Å². The van der Waals surface area contributed by atoms with Crippen molar-refractivity contribution in [3.05, 3.63) is 0 Å². The molecule has 0 saturated heterocycles. The van der Waals surface area contributed by atoms with Crippen LogP contribution in [0.4, 0.5) is 4.39 Å². The topological polar surface area (TPSA) is 121 Å². The van der Waals surface area contributed by atoms with E-state index in [-0.39, 0.29) is 49.7 Å². The predicted octanol–water partition coefficient (Wildman–Crippen LogP) is 1.87. The minimum absolute atomic E-state index is 0.0392. The van der Waals surface area contributed by atoms with E-state index in [1.165, 1.54) is 6.92 Å². The van der Waals surface area contributed by atoms with Crippen molar-refractivity contribution in [2.45, 2.75) is 87.6 Å². The number of halogens is 2. The molecule has 4 saturated carbocycles. The molecule has 0 bridgehead atoms. The Labute approximate surface area is 195 Å². The van der Waals surface area contributed by atoms with Gasteiger partial charge >= 0.3 is 5.97 Å². The van der Waals surface area contributed by atoms with Crippen LogP contribution in [0.15, 0.2) is 0 Å². The van der Waals surface area contributed by atoms with Gasteiger partial charge in [0.1, 0.15) is 23.2 Å². The second-order valence-corrected chi connectivity index (χ2v) is 12.1. The summed E-state index contributed by atoms with van der Waals surface area (Å²) in [5.41, 5.74) is -5.71. The summed E-state index contributed by atoms with van der Waals surface area (Å²) in [4.78, 5) is 35.9. The fourth-order valence-electron chi connectivity index (χ4n) is 7.90. The standard InChI is InChI=1S/C23H32BrFO7/c1-11(26)32-10-18(29)22(30)5-4-13-12-6-17(25)23(31)9-15(27)14(24)7-21(23,3)19(12)16(28)8-20(13,22)2/h12-14,16-17,19,28,30-31H,4-10H2,1-3H3/t12-,13-,14?,16+,17+,19+,20-,21+,22-,23-/m0/s1. The number of fused-ring (bicyclic) bond motifs is 5. The molecule has 0 aliphatic heterocycles. The van der Waals surface area contributed by atoms with Gasteiger partial charge < -0.3 is 20.1 Å². The lowest BCUT2D eigenvalue weighted by Crippen LogP contribution is -2.72. The van der Waals surface area contributed by atoms with E-state index in [0.29, 0.717) is 6.42 Å². The van der Waals surface area contributed by atoms with Gasteiger partial charge in [0.05, 0.1) is 10.9 Å². The lowest BCUT2D eigenvalue weighted by atomic mass is 9.41. The third-order valence-corrected chi connectivity index (χ3v) is 10.4. The quantitative estimate of drug-likeness (QED) is 0.385. The SMILES string of the molecule is CC(=O)OCC(=O)[C@@]1(O)CC[C@H]2[C@@H]3C[C@@H](F)[C@@]4(O)CC(=O)C(Br)C[C@]4(C)[C@H]3[C@H](O)C[C@@]21C. The zero-order valence-corrected chi connectivity index (χ0v) is 20.2. The average molecular weight is 519 g/mol. The third-order valence-electron chi connectivity index (χ3n) is 9.59. The summed E-state index contributed by atoms with van der Waals surface area (Å²) in [6.45, 7) is 4.15. The van der Waals surface area contributed by atoms with Crippen LogP contribution in [0, 0.1) is 28.6 Å². The van der Waals surface area contributed by atoms with Crippen LogP contribution in [0.1, 0.15) is 59.3 Å². The van der Waals surface area contributed by atoms with Crippen molar-refractivity contribution in [2.75, 3.05) is 6.61 Å². The normalized spacial score (nSPS) is 52.6. The number of alkyl halides is 2. The van der Waals surface area contributed by atoms with E-state index in [0.717, 1.165) is 0 Å². The van der Waals surface area contributed by atoms with Gasteiger partial charge in [-0.2, -0.15) is 0 Å². The van der Waals surface area contributed by atoms with E-state index < -0.39 is 63.4 Å². The smallest absolute Gasteiger partial charge is 0.303 e. The molecule has 4 rings (SSSR count). The van der Waals surface area contributed by atoms with Gasteiger partial charge in [0.15, 0.2) is 6.61 Å². The number of carbonyl (C=O) groups is 3. The van der Waals surface area contributed by atoms with Crippen molar-refractivity contribution in [3.8, 4) is 0 Å². The summed E-state index contributed by atoms with van der Waals surface area (Å²) in [5.74, 6) is -2.58. The van der Waals surface area contributed by atoms with Gasteiger partial charge in [0.25, 0.3) is 0 Å². The zero-order chi connectivity index (χ0) is 23.9. The first kappa shape index (κ1) is 24.2. The highest BCUT2D eigenvalue weighted by Crippen LogP contribution is 2.69. The monoisotopic (exact) mass is 518 g/mol. The van der Waals surface area contributed by atoms with Crippen molar-refractivity contribution in [1.82, 2.24) is 0 Å². The number of ether oxygens (including phenoxy) is 1. The van der Waals surface area contributed by atoms with Gasteiger partial charge in [0.2, 0.25) is 5.78 Å². The average Bonchev–Trinajstić information content (AvgIpc) is 2.95. The predicted molar refractivity (Wildman–Crippen MR) is 115 cm³/mol. The number of ketones is 2. The third kappa shape index (κ3) is 3.03. The second kappa shape index (κ2) is 7.55. The number of rotatable bonds is 3. The Morgan fingerprint density at radius 2 is 1.88 bits per heavy atom. The van der Waals surface area contributed by atoms with Crippen LogP contribution in [0.25, 0.3) is 0 Å². The number of aliphatic hydroxyl groups excluding tert-OH is 1. The van der Waals surface area contributed by atoms with Gasteiger partial charge in [0, 0.05) is 24.2 Å². The lowest BCUT2D eigenvalue weighted by Gasteiger charge is -2.65. The van der Waals surface area contributed by atoms with E-state index in [4.69, 9.17) is 4.74 Å². The number of hydrogen-bond donors (Lipinski definition) is 3. The van der Waals surface area contributed by atoms with Crippen molar-refractivity contribution in [2.24, 2.45) is 28.6 Å². The second-order valence-electron chi connectivity index (χ2n) is 10.9. The van der Waals surface area contributed by atoms with Crippen LogP contribution in [-0.4, -0.2) is 67.8 Å². The van der Waals surface area contributed by atoms with Crippen molar-refractivity contribution >= 4 is 33.5 Å². The Balaban J connectivity index is 1.71. The molecule has 0 heterocycles. The molecule has 0 aromatic rings. The van der Waals surface area contributed by atoms with Crippen molar-refractivity contribution in [1.29, 1.82) is 0 Å². The molecular formula is C23H32BrFO7. The number of esters is 1. The number of Topliss-reactive ketones (excluding diaryl/α,β-unsaturated/α-hetero) is 2. The molecule has 4 aliphatic carbocycles. The van der Waals surface area contributed by atoms with E-state index in [1.54, 1.807) is 13.8 Å². The van der Waals surface area contributed by atoms with Crippen LogP contribution in [0.5, 0.6) is 0 Å². The molecule has 180 valence electrons. The Hall–Kier alpha value is -0.900. The minimum atomic E-state index is -1.86. The van der Waals surface area contributed by atoms with Crippen LogP contribution < -0.4 is 0 Å². The molecule has 1 unspecified atom stereocenters. The molecule has 10 atom stereocenters. The molecule has 0 spiro atoms. The minimum Gasteiger partial charge on any atom is -0.458 e. The number of hydrogen-bond acceptors (Lipinski definition) is 7. The van der Waals surface area contributed by atoms with E-state index in [2.05, 4.69) is 15.9 Å². The molecule has 4 fully saturated rings. The maximum atomic E-state index is 15.6. The zero-order valence-electron chi connectivity index (χ0n) is 18.6. The van der Waals surface area contributed by atoms with Gasteiger partial charge in [-0.15, -0.1) is 0 Å². The Morgan fingerprint density at radius 1 is 1.22 bits per heavy atom. The molecule has 0 radical (unpaired) electrons. The van der Waals surface area contributed by atoms with Gasteiger partial charge in [-0.05, 0) is 49.9 Å². The largest absolute Gasteiger partial charge is 0.458 e. The van der Waals surface area contributed by atoms with Crippen molar-refractivity contribution in [3.63, 3.8) is 0 Å². The van der Waals surface area contributed by atoms with E-state index >= 15 is 4.39 Å². The molecule has 4 aliphatic rings. The van der Waals surface area contributed by atoms with Crippen molar-refractivity contribution < 1.29 is 38.8 Å². The summed E-state index contributed by atoms with van der Waals surface area (Å²) in [7, 11) is 0. The first-order valence-corrected chi connectivity index (χ1v) is 12.2. The summed E-state index contributed by atoms with van der Waals surface area (Å²) in [6, 6.07) is 0. The molecule has 0 amide bonds. The molecule has 3 N–H and O–H groups in total. The van der Waals surface area contributed by atoms with Crippen LogP contribution >= 0.6 is 15.9 Å². The lowest BCUT2D eigenvalue weighted by molar-refractivity contribution is -0.260. The Morgan fingerprint density at radius 3 is 2.50 bits per heavy atom. The van der Waals surface area contributed by atoms with Gasteiger partial charge in [-0.1, -0.05) is 29.8 Å². The molecule has 32 heavy (non-hydrogen) atoms. The molecule has 9 heteroatoms. The molecule has 0 aromatic carbocycles.